The zero-order valence-corrected chi connectivity index (χ0v) is 7.24. The molecule has 0 saturated heterocycles. The molecular weight excluding hydrogens is 150 g/mol. The van der Waals surface area contributed by atoms with Crippen LogP contribution in [0, 0.1) is 11.3 Å². The molecule has 0 heterocycles. The number of unbranched alkanes of at least 4 members (excludes halogenated alkanes) is 1. The molecule has 1 N–H and O–H groups in total. The molecule has 0 fully saturated rings. The van der Waals surface area contributed by atoms with E-state index in [-0.39, 0.29) is 0 Å². The minimum absolute atomic E-state index is 0.398. The first kappa shape index (κ1) is 10.9. The van der Waals surface area contributed by atoms with Gasteiger partial charge in [0.25, 0.3) is 0 Å². The lowest BCUT2D eigenvalue weighted by atomic mass is 10.2. The zero-order valence-electron chi connectivity index (χ0n) is 7.24. The topological polar surface area (TPSA) is 44.0 Å². The van der Waals surface area contributed by atoms with E-state index in [1.54, 1.807) is 0 Å². The largest absolute Gasteiger partial charge is 0.389 e. The van der Waals surface area contributed by atoms with E-state index in [4.69, 9.17) is 10.4 Å². The summed E-state index contributed by atoms with van der Waals surface area (Å²) in [4.78, 5) is 0. The van der Waals surface area contributed by atoms with Gasteiger partial charge in [0, 0.05) is 6.42 Å². The number of aliphatic hydroxyl groups is 1. The van der Waals surface area contributed by atoms with Crippen molar-refractivity contribution >= 4 is 0 Å². The summed E-state index contributed by atoms with van der Waals surface area (Å²) in [6, 6.07) is 2.06. The van der Waals surface area contributed by atoms with Gasteiger partial charge in [-0.3, -0.25) is 0 Å². The Bertz CT molecular complexity index is 179. The van der Waals surface area contributed by atoms with Crippen molar-refractivity contribution in [2.75, 3.05) is 0 Å². The summed E-state index contributed by atoms with van der Waals surface area (Å²) in [5.41, 5.74) is 0. The zero-order chi connectivity index (χ0) is 9.23. The third-order valence-electron chi connectivity index (χ3n) is 1.49. The van der Waals surface area contributed by atoms with Crippen LogP contribution >= 0.6 is 0 Å². The van der Waals surface area contributed by atoms with Crippen molar-refractivity contribution in [2.45, 2.75) is 31.8 Å². The lowest BCUT2D eigenvalue weighted by molar-refractivity contribution is 0.214. The van der Waals surface area contributed by atoms with Gasteiger partial charge >= 0.3 is 0 Å². The first-order valence-corrected chi connectivity index (χ1v) is 4.14. The van der Waals surface area contributed by atoms with E-state index in [9.17, 15) is 0 Å². The van der Waals surface area contributed by atoms with Gasteiger partial charge in [-0.15, -0.1) is 6.58 Å². The van der Waals surface area contributed by atoms with Gasteiger partial charge in [-0.05, 0) is 19.3 Å². The van der Waals surface area contributed by atoms with Gasteiger partial charge in [-0.1, -0.05) is 18.2 Å². The number of hydrogen-bond donors (Lipinski definition) is 1. The molecule has 0 aromatic rings. The highest BCUT2D eigenvalue weighted by atomic mass is 16.3. The fraction of sp³-hybridized carbons (Fsp3) is 0.500. The molecule has 1 atom stereocenters. The van der Waals surface area contributed by atoms with Crippen LogP contribution in [0.3, 0.4) is 0 Å². The fourth-order valence-electron chi connectivity index (χ4n) is 0.768. The Morgan fingerprint density at radius 1 is 1.42 bits per heavy atom. The molecule has 0 amide bonds. The first-order valence-electron chi connectivity index (χ1n) is 4.14. The van der Waals surface area contributed by atoms with Crippen LogP contribution in [-0.4, -0.2) is 11.2 Å². The summed E-state index contributed by atoms with van der Waals surface area (Å²) in [7, 11) is 0. The highest BCUT2D eigenvalue weighted by molar-refractivity contribution is 4.87. The number of nitrogens with zero attached hydrogens (tertiary/aromatic N) is 1. The molecule has 0 bridgehead atoms. The van der Waals surface area contributed by atoms with Crippen LogP contribution in [0.1, 0.15) is 25.7 Å². The average molecular weight is 165 g/mol. The molecule has 2 heteroatoms. The minimum atomic E-state index is -0.398. The molecule has 0 radical (unpaired) electrons. The molecule has 0 spiro atoms. The van der Waals surface area contributed by atoms with E-state index in [0.29, 0.717) is 12.8 Å². The molecule has 0 aliphatic heterocycles. The summed E-state index contributed by atoms with van der Waals surface area (Å²) >= 11 is 0. The maximum absolute atomic E-state index is 9.06. The highest BCUT2D eigenvalue weighted by Crippen LogP contribution is 1.99. The molecule has 12 heavy (non-hydrogen) atoms. The van der Waals surface area contributed by atoms with E-state index in [1.807, 2.05) is 12.2 Å². The highest BCUT2D eigenvalue weighted by Gasteiger charge is 1.93. The van der Waals surface area contributed by atoms with Gasteiger partial charge < -0.3 is 5.11 Å². The van der Waals surface area contributed by atoms with Gasteiger partial charge in [-0.2, -0.15) is 5.26 Å². The number of nitriles is 1. The maximum atomic E-state index is 9.06. The monoisotopic (exact) mass is 165 g/mol. The van der Waals surface area contributed by atoms with Crippen LogP contribution < -0.4 is 0 Å². The van der Waals surface area contributed by atoms with E-state index in [2.05, 4.69) is 12.6 Å². The predicted molar refractivity (Wildman–Crippen MR) is 49.4 cm³/mol. The molecular formula is C10H15NO. The molecule has 1 unspecified atom stereocenters. The fourth-order valence-corrected chi connectivity index (χ4v) is 0.768. The Balaban J connectivity index is 3.25. The average Bonchev–Trinajstić information content (AvgIpc) is 2.10. The second-order valence-corrected chi connectivity index (χ2v) is 2.55. The van der Waals surface area contributed by atoms with Gasteiger partial charge in [0.15, 0.2) is 0 Å². The van der Waals surface area contributed by atoms with E-state index in [1.165, 1.54) is 6.08 Å². The van der Waals surface area contributed by atoms with Crippen LogP contribution in [0.4, 0.5) is 0 Å². The van der Waals surface area contributed by atoms with E-state index >= 15 is 0 Å². The Morgan fingerprint density at radius 2 is 2.08 bits per heavy atom. The van der Waals surface area contributed by atoms with Gasteiger partial charge in [-0.25, -0.2) is 0 Å². The lowest BCUT2D eigenvalue weighted by Gasteiger charge is -1.99. The molecule has 0 aromatic carbocycles. The quantitative estimate of drug-likeness (QED) is 0.484. The third kappa shape index (κ3) is 7.04. The van der Waals surface area contributed by atoms with Crippen LogP contribution in [0.2, 0.25) is 0 Å². The van der Waals surface area contributed by atoms with Crippen LogP contribution in [0.15, 0.2) is 24.8 Å². The third-order valence-corrected chi connectivity index (χ3v) is 1.49. The molecule has 0 aliphatic carbocycles. The van der Waals surface area contributed by atoms with E-state index in [0.717, 1.165) is 12.8 Å². The summed E-state index contributed by atoms with van der Waals surface area (Å²) in [6.07, 6.45) is 8.03. The predicted octanol–water partition coefficient (Wildman–Crippen LogP) is 2.17. The minimum Gasteiger partial charge on any atom is -0.389 e. The molecule has 66 valence electrons. The SMILES string of the molecule is C=CC(O)CC/C=C\CCC#N. The van der Waals surface area contributed by atoms with E-state index < -0.39 is 6.10 Å². The molecule has 0 aliphatic rings. The number of hydrogen-bond acceptors (Lipinski definition) is 2. The standard InChI is InChI=1S/C10H15NO/c1-2-10(12)8-6-4-3-5-7-9-11/h2-4,10,12H,1,5-8H2/b4-3-. The summed E-state index contributed by atoms with van der Waals surface area (Å²) in [5, 5.41) is 17.3. The maximum Gasteiger partial charge on any atom is 0.0721 e. The molecule has 0 aromatic heterocycles. The number of allylic oxidation sites excluding steroid dienone is 2. The molecule has 0 saturated carbocycles. The Labute approximate surface area is 73.8 Å². The number of aliphatic hydroxyl groups excluding tert-OH is 1. The van der Waals surface area contributed by atoms with Gasteiger partial charge in [0.05, 0.1) is 12.2 Å². The van der Waals surface area contributed by atoms with Crippen molar-refractivity contribution in [2.24, 2.45) is 0 Å². The van der Waals surface area contributed by atoms with Crippen molar-refractivity contribution in [3.63, 3.8) is 0 Å². The summed E-state index contributed by atoms with van der Waals surface area (Å²) in [5.74, 6) is 0. The van der Waals surface area contributed by atoms with Crippen LogP contribution in [-0.2, 0) is 0 Å². The summed E-state index contributed by atoms with van der Waals surface area (Å²) in [6.45, 7) is 3.47. The first-order chi connectivity index (χ1) is 5.81. The van der Waals surface area contributed by atoms with Gasteiger partial charge in [0.1, 0.15) is 0 Å². The Morgan fingerprint density at radius 3 is 2.67 bits per heavy atom. The van der Waals surface area contributed by atoms with Crippen molar-refractivity contribution < 1.29 is 5.11 Å². The second kappa shape index (κ2) is 8.03. The van der Waals surface area contributed by atoms with Crippen molar-refractivity contribution in [1.82, 2.24) is 0 Å². The summed E-state index contributed by atoms with van der Waals surface area (Å²) < 4.78 is 0. The lowest BCUT2D eigenvalue weighted by Crippen LogP contribution is -1.99. The normalized spacial score (nSPS) is 12.7. The number of rotatable bonds is 6. The second-order valence-electron chi connectivity index (χ2n) is 2.55. The smallest absolute Gasteiger partial charge is 0.0721 e. The Kier molecular flexibility index (Phi) is 7.31. The van der Waals surface area contributed by atoms with Crippen molar-refractivity contribution in [3.05, 3.63) is 24.8 Å². The van der Waals surface area contributed by atoms with Crippen molar-refractivity contribution in [1.29, 1.82) is 5.26 Å². The Hall–Kier alpha value is -1.07. The molecule has 0 rings (SSSR count). The van der Waals surface area contributed by atoms with Crippen LogP contribution in [0.25, 0.3) is 0 Å². The van der Waals surface area contributed by atoms with Gasteiger partial charge in [0.2, 0.25) is 0 Å². The van der Waals surface area contributed by atoms with Crippen molar-refractivity contribution in [3.8, 4) is 6.07 Å². The molecule has 2 nitrogen and oxygen atoms in total. The van der Waals surface area contributed by atoms with Crippen LogP contribution in [0.5, 0.6) is 0 Å².